The van der Waals surface area contributed by atoms with Gasteiger partial charge < -0.3 is 9.79 Å². The maximum atomic E-state index is 11.5. The van der Waals surface area contributed by atoms with Crippen LogP contribution in [0.25, 0.3) is 0 Å². The average Bonchev–Trinajstić information content (AvgIpc) is 1.91. The predicted octanol–water partition coefficient (Wildman–Crippen LogP) is 3.08. The smallest absolute Gasteiger partial charge is 0.302 e. The Balaban J connectivity index is 4.58. The lowest BCUT2D eigenvalue weighted by Gasteiger charge is -2.25. The van der Waals surface area contributed by atoms with E-state index in [1.807, 2.05) is 0 Å². The summed E-state index contributed by atoms with van der Waals surface area (Å²) in [5.41, 5.74) is -1.37. The van der Waals surface area contributed by atoms with E-state index >= 15 is 0 Å². The highest BCUT2D eigenvalue weighted by molar-refractivity contribution is 7.61. The van der Waals surface area contributed by atoms with Crippen molar-refractivity contribution in [3.05, 3.63) is 0 Å². The molecule has 0 aromatic heterocycles. The van der Waals surface area contributed by atoms with E-state index in [1.54, 1.807) is 20.8 Å². The minimum absolute atomic E-state index is 0.101. The third kappa shape index (κ3) is 10.2. The zero-order chi connectivity index (χ0) is 14.8. The third-order valence-electron chi connectivity index (χ3n) is 1.26. The molecule has 2 unspecified atom stereocenters. The average molecular weight is 304 g/mol. The normalized spacial score (nSPS) is 20.2. The van der Waals surface area contributed by atoms with Gasteiger partial charge in [0.05, 0.1) is 12.2 Å². The van der Waals surface area contributed by atoms with Crippen molar-refractivity contribution < 1.29 is 32.3 Å². The first-order valence-corrected chi connectivity index (χ1v) is 8.33. The van der Waals surface area contributed by atoms with Gasteiger partial charge in [0.25, 0.3) is 0 Å². The van der Waals surface area contributed by atoms with E-state index in [0.717, 1.165) is 0 Å². The van der Waals surface area contributed by atoms with E-state index < -0.39 is 21.2 Å². The van der Waals surface area contributed by atoms with Crippen molar-refractivity contribution in [2.24, 2.45) is 5.41 Å². The Bertz CT molecular complexity index is 366. The molecular formula is C9H22O7P2. The van der Waals surface area contributed by atoms with Crippen molar-refractivity contribution in [2.45, 2.75) is 47.1 Å². The number of rotatable bonds is 5. The van der Waals surface area contributed by atoms with Crippen LogP contribution in [0.4, 0.5) is 0 Å². The van der Waals surface area contributed by atoms with Gasteiger partial charge in [-0.05, 0) is 26.2 Å². The first-order valence-electron chi connectivity index (χ1n) is 5.34. The molecule has 9 heteroatoms. The summed E-state index contributed by atoms with van der Waals surface area (Å²) >= 11 is 0. The van der Waals surface area contributed by atoms with E-state index in [4.69, 9.17) is 0 Å². The first kappa shape index (κ1) is 18.3. The Morgan fingerprint density at radius 2 is 1.39 bits per heavy atom. The van der Waals surface area contributed by atoms with E-state index in [0.29, 0.717) is 0 Å². The molecule has 18 heavy (non-hydrogen) atoms. The maximum Gasteiger partial charge on any atom is 0.481 e. The van der Waals surface area contributed by atoms with E-state index in [9.17, 15) is 18.9 Å². The fourth-order valence-electron chi connectivity index (χ4n) is 0.792. The van der Waals surface area contributed by atoms with E-state index in [2.05, 4.69) is 13.4 Å². The van der Waals surface area contributed by atoms with Crippen molar-refractivity contribution in [3.8, 4) is 0 Å². The molecule has 0 saturated heterocycles. The van der Waals surface area contributed by atoms with Gasteiger partial charge in [-0.1, -0.05) is 20.8 Å². The highest BCUT2D eigenvalue weighted by Gasteiger charge is 2.38. The molecule has 0 saturated carbocycles. The van der Waals surface area contributed by atoms with Crippen LogP contribution in [0.15, 0.2) is 0 Å². The summed E-state index contributed by atoms with van der Waals surface area (Å²) in [7, 11) is -9.29. The molecule has 0 heterocycles. The molecule has 0 radical (unpaired) electrons. The van der Waals surface area contributed by atoms with E-state index in [1.165, 1.54) is 20.8 Å². The Morgan fingerprint density at radius 3 is 1.72 bits per heavy atom. The van der Waals surface area contributed by atoms with Crippen LogP contribution in [0.2, 0.25) is 0 Å². The van der Waals surface area contributed by atoms with Crippen LogP contribution < -0.4 is 0 Å². The van der Waals surface area contributed by atoms with Crippen LogP contribution in [0.5, 0.6) is 0 Å². The topological polar surface area (TPSA) is 102 Å². The number of phosphoric acid groups is 2. The highest BCUT2D eigenvalue weighted by Crippen LogP contribution is 2.62. The van der Waals surface area contributed by atoms with Crippen LogP contribution in [0.1, 0.15) is 41.5 Å². The van der Waals surface area contributed by atoms with Gasteiger partial charge in [-0.15, -0.1) is 0 Å². The molecule has 0 spiro atoms. The van der Waals surface area contributed by atoms with Crippen molar-refractivity contribution in [3.63, 3.8) is 0 Å². The lowest BCUT2D eigenvalue weighted by Crippen LogP contribution is -2.18. The lowest BCUT2D eigenvalue weighted by molar-refractivity contribution is 0.0703. The van der Waals surface area contributed by atoms with E-state index in [-0.39, 0.29) is 12.0 Å². The predicted molar refractivity (Wildman–Crippen MR) is 67.0 cm³/mol. The molecule has 0 rings (SSSR count). The molecule has 0 aliphatic heterocycles. The minimum atomic E-state index is -4.66. The van der Waals surface area contributed by atoms with Crippen molar-refractivity contribution in [1.29, 1.82) is 0 Å². The number of hydrogen-bond donors (Lipinski definition) is 2. The molecule has 0 aliphatic carbocycles. The minimum Gasteiger partial charge on any atom is -0.302 e. The molecule has 2 atom stereocenters. The van der Waals surface area contributed by atoms with Gasteiger partial charge in [-0.25, -0.2) is 9.13 Å². The molecule has 0 bridgehead atoms. The van der Waals surface area contributed by atoms with Gasteiger partial charge in [0, 0.05) is 0 Å². The number of hydrogen-bond acceptors (Lipinski definition) is 5. The monoisotopic (exact) mass is 304 g/mol. The Labute approximate surface area is 108 Å². The number of phosphoric ester groups is 2. The van der Waals surface area contributed by atoms with Crippen LogP contribution in [0, 0.1) is 5.41 Å². The summed E-state index contributed by atoms with van der Waals surface area (Å²) < 4.78 is 36.4. The molecule has 0 aromatic carbocycles. The molecule has 2 N–H and O–H groups in total. The van der Waals surface area contributed by atoms with Gasteiger partial charge in [0.15, 0.2) is 0 Å². The summed E-state index contributed by atoms with van der Waals surface area (Å²) in [5.74, 6) is 0. The van der Waals surface area contributed by atoms with Crippen molar-refractivity contribution >= 4 is 15.6 Å². The molecule has 7 nitrogen and oxygen atoms in total. The van der Waals surface area contributed by atoms with Crippen LogP contribution >= 0.6 is 15.6 Å². The second kappa shape index (κ2) is 5.71. The quantitative estimate of drug-likeness (QED) is 0.752. The van der Waals surface area contributed by atoms with Crippen LogP contribution in [-0.2, 0) is 22.5 Å². The summed E-state index contributed by atoms with van der Waals surface area (Å²) in [6.45, 7) is 9.76. The second-order valence-corrected chi connectivity index (χ2v) is 9.02. The Hall–Kier alpha value is 0.260. The van der Waals surface area contributed by atoms with Crippen molar-refractivity contribution in [2.75, 3.05) is 6.61 Å². The van der Waals surface area contributed by atoms with Gasteiger partial charge in [-0.3, -0.25) is 9.05 Å². The SMILES string of the molecule is CC(C)(C)COP(=O)(O)OP(=O)(O)OC(C)(C)C. The second-order valence-electron chi connectivity index (χ2n) is 6.06. The Kier molecular flexibility index (Phi) is 5.80. The zero-order valence-corrected chi connectivity index (χ0v) is 13.3. The van der Waals surface area contributed by atoms with Gasteiger partial charge in [0.1, 0.15) is 0 Å². The molecule has 0 aliphatic rings. The third-order valence-corrected chi connectivity index (χ3v) is 4.14. The van der Waals surface area contributed by atoms with Gasteiger partial charge in [0.2, 0.25) is 0 Å². The molecule has 0 fully saturated rings. The molecular weight excluding hydrogens is 282 g/mol. The van der Waals surface area contributed by atoms with Crippen molar-refractivity contribution in [1.82, 2.24) is 0 Å². The standard InChI is InChI=1S/C9H22O7P2/c1-8(2,3)7-14-17(10,11)16-18(12,13)15-9(4,5)6/h7H2,1-6H3,(H,10,11)(H,12,13). The summed E-state index contributed by atoms with van der Waals surface area (Å²) in [5, 5.41) is 0. The maximum absolute atomic E-state index is 11.5. The summed E-state index contributed by atoms with van der Waals surface area (Å²) in [6.07, 6.45) is 0. The van der Waals surface area contributed by atoms with Gasteiger partial charge >= 0.3 is 15.6 Å². The zero-order valence-electron chi connectivity index (χ0n) is 11.5. The summed E-state index contributed by atoms with van der Waals surface area (Å²) in [6, 6.07) is 0. The highest BCUT2D eigenvalue weighted by atomic mass is 31.3. The molecule has 0 aromatic rings. The largest absolute Gasteiger partial charge is 0.481 e. The molecule has 0 amide bonds. The fraction of sp³-hybridized carbons (Fsp3) is 1.00. The first-order chi connectivity index (χ1) is 7.62. The fourth-order valence-corrected chi connectivity index (χ4v) is 3.40. The Morgan fingerprint density at radius 1 is 0.944 bits per heavy atom. The van der Waals surface area contributed by atoms with Crippen LogP contribution in [0.3, 0.4) is 0 Å². The van der Waals surface area contributed by atoms with Crippen LogP contribution in [-0.4, -0.2) is 22.0 Å². The lowest BCUT2D eigenvalue weighted by atomic mass is 9.99. The summed E-state index contributed by atoms with van der Waals surface area (Å²) in [4.78, 5) is 18.6. The van der Waals surface area contributed by atoms with Gasteiger partial charge in [-0.2, -0.15) is 4.31 Å². The molecule has 110 valence electrons.